The number of Topliss-reactive ketones (excluding diaryl/α,β-unsaturated/α-hetero) is 1. The van der Waals surface area contributed by atoms with Gasteiger partial charge in [0.15, 0.2) is 11.5 Å². The Morgan fingerprint density at radius 2 is 1.76 bits per heavy atom. The van der Waals surface area contributed by atoms with Crippen molar-refractivity contribution in [1.82, 2.24) is 19.7 Å². The van der Waals surface area contributed by atoms with Crippen molar-refractivity contribution in [2.24, 2.45) is 5.92 Å². The lowest BCUT2D eigenvalue weighted by molar-refractivity contribution is -0.147. The van der Waals surface area contributed by atoms with E-state index < -0.39 is 53.6 Å². The number of ketones is 1. The number of carbonyl (C=O) groups excluding carboxylic acids is 2. The van der Waals surface area contributed by atoms with Crippen LogP contribution in [0.3, 0.4) is 0 Å². The highest BCUT2D eigenvalue weighted by Crippen LogP contribution is 2.39. The van der Waals surface area contributed by atoms with Crippen molar-refractivity contribution < 1.29 is 37.1 Å². The molecule has 0 saturated heterocycles. The minimum absolute atomic E-state index is 0.0753. The Kier molecular flexibility index (Phi) is 8.12. The molecule has 1 amide bonds. The van der Waals surface area contributed by atoms with Crippen LogP contribution in [0.1, 0.15) is 63.9 Å². The van der Waals surface area contributed by atoms with Crippen molar-refractivity contribution >= 4 is 40.9 Å². The first kappa shape index (κ1) is 27.6. The number of alkyl halides is 3. The lowest BCUT2D eigenvalue weighted by Crippen LogP contribution is -2.36. The standard InChI is InChI=1S/C24H21Cl2F3N4O5/c25-17-9-30-10-18(26)20(17)19(34)12-32(11-15-2-1-7-38-15)22(35)16-8-31-33(21(16)24(27,28)29)14-5-3-13(4-6-14)23(36)37/h1-2,7-10,13-14H,3-6,11-12H2,(H,36,37)/t13-,14-. The summed E-state index contributed by atoms with van der Waals surface area (Å²) in [5, 5.41) is 12.9. The van der Waals surface area contributed by atoms with Crippen molar-refractivity contribution in [2.75, 3.05) is 6.54 Å². The fraction of sp³-hybridized carbons (Fsp3) is 0.375. The zero-order valence-electron chi connectivity index (χ0n) is 19.6. The third-order valence-corrected chi connectivity index (χ3v) is 6.94. The number of aromatic nitrogens is 3. The molecule has 0 atom stereocenters. The molecule has 0 aliphatic heterocycles. The van der Waals surface area contributed by atoms with Crippen LogP contribution in [0.5, 0.6) is 0 Å². The van der Waals surface area contributed by atoms with Crippen LogP contribution in [0.2, 0.25) is 10.0 Å². The van der Waals surface area contributed by atoms with Gasteiger partial charge in [0.05, 0.1) is 58.7 Å². The highest BCUT2D eigenvalue weighted by atomic mass is 35.5. The van der Waals surface area contributed by atoms with E-state index in [1.807, 2.05) is 0 Å². The largest absolute Gasteiger partial charge is 0.481 e. The number of hydrogen-bond donors (Lipinski definition) is 1. The number of pyridine rings is 1. The van der Waals surface area contributed by atoms with Crippen LogP contribution in [0.4, 0.5) is 13.2 Å². The molecular weight excluding hydrogens is 552 g/mol. The molecule has 0 unspecified atom stereocenters. The molecule has 202 valence electrons. The van der Waals surface area contributed by atoms with Crippen LogP contribution in [0.25, 0.3) is 0 Å². The van der Waals surface area contributed by atoms with E-state index in [1.165, 1.54) is 30.8 Å². The van der Waals surface area contributed by atoms with Crippen molar-refractivity contribution in [1.29, 1.82) is 0 Å². The van der Waals surface area contributed by atoms with E-state index in [4.69, 9.17) is 27.6 Å². The zero-order valence-corrected chi connectivity index (χ0v) is 21.1. The Morgan fingerprint density at radius 1 is 1.11 bits per heavy atom. The summed E-state index contributed by atoms with van der Waals surface area (Å²) < 4.78 is 48.8. The number of hydrogen-bond acceptors (Lipinski definition) is 6. The molecule has 1 saturated carbocycles. The SMILES string of the molecule is O=C(CN(Cc1ccco1)C(=O)c1cnn([C@H]2CC[C@H](C(=O)O)CC2)c1C(F)(F)F)c1c(Cl)cncc1Cl. The average molecular weight is 573 g/mol. The number of nitrogens with zero attached hydrogens (tertiary/aromatic N) is 4. The van der Waals surface area contributed by atoms with E-state index in [2.05, 4.69) is 10.1 Å². The van der Waals surface area contributed by atoms with Gasteiger partial charge in [-0.3, -0.25) is 24.0 Å². The first-order valence-electron chi connectivity index (χ1n) is 11.5. The van der Waals surface area contributed by atoms with E-state index in [1.54, 1.807) is 0 Å². The second-order valence-corrected chi connectivity index (χ2v) is 9.65. The number of aliphatic carboxylic acids is 1. The van der Waals surface area contributed by atoms with Crippen molar-refractivity contribution in [3.05, 3.63) is 69.6 Å². The number of carboxylic acid groups (broad SMARTS) is 1. The lowest BCUT2D eigenvalue weighted by atomic mass is 9.86. The highest BCUT2D eigenvalue weighted by Gasteiger charge is 2.43. The quantitative estimate of drug-likeness (QED) is 0.352. The third kappa shape index (κ3) is 5.86. The molecule has 1 fully saturated rings. The van der Waals surface area contributed by atoms with Gasteiger partial charge in [-0.2, -0.15) is 18.3 Å². The molecule has 38 heavy (non-hydrogen) atoms. The summed E-state index contributed by atoms with van der Waals surface area (Å²) in [4.78, 5) is 42.5. The summed E-state index contributed by atoms with van der Waals surface area (Å²) in [7, 11) is 0. The molecule has 3 heterocycles. The molecule has 0 bridgehead atoms. The number of furan rings is 1. The molecular formula is C24H21Cl2F3N4O5. The highest BCUT2D eigenvalue weighted by molar-refractivity contribution is 6.39. The van der Waals surface area contributed by atoms with E-state index >= 15 is 0 Å². The summed E-state index contributed by atoms with van der Waals surface area (Å²) >= 11 is 12.1. The Labute approximate surface area is 224 Å². The zero-order chi connectivity index (χ0) is 27.6. The minimum atomic E-state index is -4.96. The maximum atomic E-state index is 14.3. The average Bonchev–Trinajstić information content (AvgIpc) is 3.53. The fourth-order valence-electron chi connectivity index (χ4n) is 4.54. The molecule has 1 aliphatic rings. The molecule has 1 N–H and O–H groups in total. The smallest absolute Gasteiger partial charge is 0.433 e. The third-order valence-electron chi connectivity index (χ3n) is 6.37. The van der Waals surface area contributed by atoms with Gasteiger partial charge < -0.3 is 14.4 Å². The van der Waals surface area contributed by atoms with E-state index in [0.717, 1.165) is 15.8 Å². The van der Waals surface area contributed by atoms with Crippen molar-refractivity contribution in [2.45, 2.75) is 44.4 Å². The first-order valence-corrected chi connectivity index (χ1v) is 12.2. The molecule has 1 aliphatic carbocycles. The molecule has 9 nitrogen and oxygen atoms in total. The van der Waals surface area contributed by atoms with Crippen LogP contribution in [0, 0.1) is 5.92 Å². The summed E-state index contributed by atoms with van der Waals surface area (Å²) in [6.07, 6.45) is 0.243. The van der Waals surface area contributed by atoms with Gasteiger partial charge in [-0.1, -0.05) is 23.2 Å². The monoisotopic (exact) mass is 572 g/mol. The maximum absolute atomic E-state index is 14.3. The summed E-state index contributed by atoms with van der Waals surface area (Å²) in [5.74, 6) is -3.22. The van der Waals surface area contributed by atoms with Crippen molar-refractivity contribution in [3.8, 4) is 0 Å². The van der Waals surface area contributed by atoms with E-state index in [0.29, 0.717) is 0 Å². The van der Waals surface area contributed by atoms with Gasteiger partial charge in [0.1, 0.15) is 5.76 Å². The van der Waals surface area contributed by atoms with Crippen LogP contribution < -0.4 is 0 Å². The second-order valence-electron chi connectivity index (χ2n) is 8.83. The molecule has 0 aromatic carbocycles. The number of carbonyl (C=O) groups is 3. The fourth-order valence-corrected chi connectivity index (χ4v) is 5.11. The number of amides is 1. The van der Waals surface area contributed by atoms with Crippen LogP contribution >= 0.6 is 23.2 Å². The van der Waals surface area contributed by atoms with Crippen LogP contribution in [-0.4, -0.2) is 49.0 Å². The van der Waals surface area contributed by atoms with Gasteiger partial charge in [-0.25, -0.2) is 0 Å². The number of halogens is 5. The maximum Gasteiger partial charge on any atom is 0.433 e. The van der Waals surface area contributed by atoms with Gasteiger partial charge in [0, 0.05) is 12.4 Å². The normalized spacial score (nSPS) is 17.8. The van der Waals surface area contributed by atoms with Gasteiger partial charge in [0.2, 0.25) is 0 Å². The minimum Gasteiger partial charge on any atom is -0.481 e. The molecule has 0 spiro atoms. The van der Waals surface area contributed by atoms with Gasteiger partial charge in [-0.05, 0) is 37.8 Å². The number of carboxylic acids is 1. The molecule has 14 heteroatoms. The summed E-state index contributed by atoms with van der Waals surface area (Å²) in [5.41, 5.74) is -2.13. The Balaban J connectivity index is 1.68. The molecule has 4 rings (SSSR count). The van der Waals surface area contributed by atoms with Gasteiger partial charge in [0.25, 0.3) is 5.91 Å². The molecule has 3 aromatic rings. The van der Waals surface area contributed by atoms with Gasteiger partial charge >= 0.3 is 12.1 Å². The molecule has 0 radical (unpaired) electrons. The summed E-state index contributed by atoms with van der Waals surface area (Å²) in [6, 6.07) is 2.30. The van der Waals surface area contributed by atoms with E-state index in [-0.39, 0.29) is 53.6 Å². The Hall–Kier alpha value is -3.38. The topological polar surface area (TPSA) is 119 Å². The van der Waals surface area contributed by atoms with Crippen LogP contribution in [-0.2, 0) is 17.5 Å². The van der Waals surface area contributed by atoms with E-state index in [9.17, 15) is 32.7 Å². The lowest BCUT2D eigenvalue weighted by Gasteiger charge is -2.28. The Morgan fingerprint density at radius 3 is 2.32 bits per heavy atom. The van der Waals surface area contributed by atoms with Crippen molar-refractivity contribution in [3.63, 3.8) is 0 Å². The second kappa shape index (κ2) is 11.2. The Bertz CT molecular complexity index is 1320. The molecule has 3 aromatic heterocycles. The first-order chi connectivity index (χ1) is 18.0. The number of rotatable bonds is 8. The van der Waals surface area contributed by atoms with Gasteiger partial charge in [-0.15, -0.1) is 0 Å². The van der Waals surface area contributed by atoms with Crippen LogP contribution in [0.15, 0.2) is 41.4 Å². The predicted molar refractivity (Wildman–Crippen MR) is 128 cm³/mol. The predicted octanol–water partition coefficient (Wildman–Crippen LogP) is 5.54. The summed E-state index contributed by atoms with van der Waals surface area (Å²) in [6.45, 7) is -0.973.